The van der Waals surface area contributed by atoms with Crippen molar-refractivity contribution in [2.45, 2.75) is 13.1 Å². The van der Waals surface area contributed by atoms with E-state index in [1.54, 1.807) is 17.0 Å². The molecule has 1 saturated heterocycles. The number of rotatable bonds is 4. The molecule has 2 aliphatic heterocycles. The number of fused-ring (bicyclic) bond motifs is 1. The average molecular weight is 539 g/mol. The number of amides is 2. The number of anilines is 1. The lowest BCUT2D eigenvalue weighted by Crippen LogP contribution is -2.29. The summed E-state index contributed by atoms with van der Waals surface area (Å²) < 4.78 is 14.5. The fourth-order valence-corrected chi connectivity index (χ4v) is 5.59. The van der Waals surface area contributed by atoms with Gasteiger partial charge in [-0.25, -0.2) is 4.39 Å². The third-order valence-electron chi connectivity index (χ3n) is 5.49. The van der Waals surface area contributed by atoms with Crippen molar-refractivity contribution in [2.75, 3.05) is 4.90 Å². The Labute approximate surface area is 208 Å². The van der Waals surface area contributed by atoms with E-state index < -0.39 is 0 Å². The van der Waals surface area contributed by atoms with Gasteiger partial charge in [0.25, 0.3) is 11.8 Å². The molecule has 164 valence electrons. The van der Waals surface area contributed by atoms with E-state index in [4.69, 9.17) is 12.2 Å². The SMILES string of the molecule is O=C1C(=C2C(=O)N(Cc3ccccc3)c3ccc(Br)cc32)SC(=S)N1Cc1ccc(F)cc1. The molecule has 0 N–H and O–H groups in total. The molecule has 0 spiro atoms. The summed E-state index contributed by atoms with van der Waals surface area (Å²) in [7, 11) is 0. The van der Waals surface area contributed by atoms with Gasteiger partial charge >= 0.3 is 0 Å². The molecule has 0 bridgehead atoms. The van der Waals surface area contributed by atoms with Crippen LogP contribution < -0.4 is 4.90 Å². The smallest absolute Gasteiger partial charge is 0.267 e. The summed E-state index contributed by atoms with van der Waals surface area (Å²) in [5, 5.41) is 0. The Morgan fingerprint density at radius 3 is 2.24 bits per heavy atom. The van der Waals surface area contributed by atoms with Gasteiger partial charge in [0.1, 0.15) is 10.1 Å². The topological polar surface area (TPSA) is 40.6 Å². The molecule has 0 atom stereocenters. The van der Waals surface area contributed by atoms with Crippen LogP contribution in [0.5, 0.6) is 0 Å². The highest BCUT2D eigenvalue weighted by Crippen LogP contribution is 2.46. The van der Waals surface area contributed by atoms with Crippen LogP contribution in [0, 0.1) is 5.82 Å². The van der Waals surface area contributed by atoms with E-state index in [1.165, 1.54) is 17.0 Å². The van der Waals surface area contributed by atoms with Crippen LogP contribution >= 0.6 is 39.9 Å². The maximum Gasteiger partial charge on any atom is 0.267 e. The summed E-state index contributed by atoms with van der Waals surface area (Å²) in [6.07, 6.45) is 0. The van der Waals surface area contributed by atoms with Gasteiger partial charge in [-0.3, -0.25) is 14.5 Å². The van der Waals surface area contributed by atoms with Crippen molar-refractivity contribution in [1.82, 2.24) is 4.90 Å². The predicted octanol–water partition coefficient (Wildman–Crippen LogP) is 5.91. The van der Waals surface area contributed by atoms with Crippen molar-refractivity contribution in [3.8, 4) is 0 Å². The maximum atomic E-state index is 13.6. The van der Waals surface area contributed by atoms with Crippen LogP contribution in [-0.2, 0) is 22.7 Å². The summed E-state index contributed by atoms with van der Waals surface area (Å²) in [4.78, 5) is 30.5. The van der Waals surface area contributed by atoms with Gasteiger partial charge in [-0.2, -0.15) is 0 Å². The summed E-state index contributed by atoms with van der Waals surface area (Å²) in [6.45, 7) is 0.614. The lowest BCUT2D eigenvalue weighted by Gasteiger charge is -2.17. The first-order valence-corrected chi connectivity index (χ1v) is 12.1. The van der Waals surface area contributed by atoms with Crippen molar-refractivity contribution in [3.63, 3.8) is 0 Å². The first kappa shape index (κ1) is 22.0. The number of carbonyl (C=O) groups is 2. The van der Waals surface area contributed by atoms with Crippen LogP contribution in [0.15, 0.2) is 82.2 Å². The second-order valence-corrected chi connectivity index (χ2v) is 10.2. The summed E-state index contributed by atoms with van der Waals surface area (Å²) in [6, 6.07) is 21.3. The second-order valence-electron chi connectivity index (χ2n) is 7.63. The van der Waals surface area contributed by atoms with Crippen molar-refractivity contribution in [3.05, 3.63) is 105 Å². The average Bonchev–Trinajstić information content (AvgIpc) is 3.23. The van der Waals surface area contributed by atoms with E-state index in [9.17, 15) is 14.0 Å². The molecule has 3 aromatic rings. The van der Waals surface area contributed by atoms with Crippen LogP contribution in [0.3, 0.4) is 0 Å². The van der Waals surface area contributed by atoms with E-state index in [1.807, 2.05) is 48.5 Å². The van der Waals surface area contributed by atoms with Crippen molar-refractivity contribution in [2.24, 2.45) is 0 Å². The normalized spacial score (nSPS) is 17.8. The molecule has 0 saturated carbocycles. The van der Waals surface area contributed by atoms with Gasteiger partial charge in [-0.1, -0.05) is 82.4 Å². The van der Waals surface area contributed by atoms with Gasteiger partial charge in [0.2, 0.25) is 0 Å². The lowest BCUT2D eigenvalue weighted by molar-refractivity contribution is -0.122. The monoisotopic (exact) mass is 538 g/mol. The highest BCUT2D eigenvalue weighted by Gasteiger charge is 2.42. The molecule has 4 nitrogen and oxygen atoms in total. The number of benzene rings is 3. The van der Waals surface area contributed by atoms with Crippen molar-refractivity contribution >= 4 is 67.3 Å². The molecule has 8 heteroatoms. The van der Waals surface area contributed by atoms with Crippen LogP contribution in [0.2, 0.25) is 0 Å². The fraction of sp³-hybridized carbons (Fsp3) is 0.0800. The maximum absolute atomic E-state index is 13.6. The number of hydrogen-bond acceptors (Lipinski definition) is 4. The Balaban J connectivity index is 1.53. The predicted molar refractivity (Wildman–Crippen MR) is 136 cm³/mol. The zero-order valence-corrected chi connectivity index (χ0v) is 20.3. The first-order chi connectivity index (χ1) is 15.9. The summed E-state index contributed by atoms with van der Waals surface area (Å²) in [5.74, 6) is -0.886. The molecule has 5 rings (SSSR count). The molecule has 2 amide bonds. The zero-order chi connectivity index (χ0) is 23.1. The van der Waals surface area contributed by atoms with Crippen LogP contribution in [0.1, 0.15) is 16.7 Å². The summed E-state index contributed by atoms with van der Waals surface area (Å²) >= 11 is 10.1. The van der Waals surface area contributed by atoms with Crippen LogP contribution in [0.25, 0.3) is 5.57 Å². The Morgan fingerprint density at radius 2 is 1.52 bits per heavy atom. The number of thiocarbonyl (C=S) groups is 1. The lowest BCUT2D eigenvalue weighted by atomic mass is 10.1. The van der Waals surface area contributed by atoms with Gasteiger partial charge in [0.05, 0.1) is 29.3 Å². The van der Waals surface area contributed by atoms with Gasteiger partial charge in [-0.05, 0) is 41.5 Å². The third-order valence-corrected chi connectivity index (χ3v) is 7.43. The Bertz CT molecular complexity index is 1330. The quantitative estimate of drug-likeness (QED) is 0.306. The molecular weight excluding hydrogens is 523 g/mol. The van der Waals surface area contributed by atoms with E-state index in [-0.39, 0.29) is 24.2 Å². The molecule has 0 aromatic heterocycles. The van der Waals surface area contributed by atoms with E-state index in [2.05, 4.69) is 15.9 Å². The minimum atomic E-state index is -0.344. The van der Waals surface area contributed by atoms with E-state index >= 15 is 0 Å². The molecule has 33 heavy (non-hydrogen) atoms. The molecule has 1 fully saturated rings. The van der Waals surface area contributed by atoms with Crippen molar-refractivity contribution in [1.29, 1.82) is 0 Å². The fourth-order valence-electron chi connectivity index (χ4n) is 3.90. The highest BCUT2D eigenvalue weighted by atomic mass is 79.9. The molecule has 0 aliphatic carbocycles. The molecular formula is C25H16BrFN2O2S2. The van der Waals surface area contributed by atoms with Gasteiger partial charge in [0, 0.05) is 10.0 Å². The zero-order valence-electron chi connectivity index (χ0n) is 17.1. The van der Waals surface area contributed by atoms with Crippen LogP contribution in [0.4, 0.5) is 10.1 Å². The number of halogens is 2. The minimum absolute atomic E-state index is 0.217. The molecule has 2 aliphatic rings. The van der Waals surface area contributed by atoms with Crippen molar-refractivity contribution < 1.29 is 14.0 Å². The highest BCUT2D eigenvalue weighted by molar-refractivity contribution is 9.10. The minimum Gasteiger partial charge on any atom is -0.303 e. The third kappa shape index (κ3) is 4.14. The number of carbonyl (C=O) groups excluding carboxylic acids is 2. The largest absolute Gasteiger partial charge is 0.303 e. The van der Waals surface area contributed by atoms with Gasteiger partial charge in [-0.15, -0.1) is 0 Å². The van der Waals surface area contributed by atoms with Gasteiger partial charge < -0.3 is 4.90 Å². The van der Waals surface area contributed by atoms with Gasteiger partial charge in [0.15, 0.2) is 0 Å². The molecule has 3 aromatic carbocycles. The first-order valence-electron chi connectivity index (χ1n) is 10.1. The van der Waals surface area contributed by atoms with E-state index in [0.29, 0.717) is 26.9 Å². The Morgan fingerprint density at radius 1 is 0.848 bits per heavy atom. The number of thioether (sulfide) groups is 1. The summed E-state index contributed by atoms with van der Waals surface area (Å²) in [5.41, 5.74) is 3.56. The standard InChI is InChI=1S/C25H16BrFN2O2S2/c26-17-8-11-20-19(12-17)21(23(30)28(20)13-15-4-2-1-3-5-15)22-24(31)29(25(32)33-22)14-16-6-9-18(27)10-7-16/h1-12H,13-14H2. The number of hydrogen-bond donors (Lipinski definition) is 0. The Kier molecular flexibility index (Phi) is 5.90. The van der Waals surface area contributed by atoms with E-state index in [0.717, 1.165) is 33.0 Å². The van der Waals surface area contributed by atoms with Crippen LogP contribution in [-0.4, -0.2) is 21.0 Å². The molecule has 0 radical (unpaired) electrons. The second kappa shape index (κ2) is 8.85. The Hall–Kier alpha value is -2.81. The molecule has 2 heterocycles. The number of nitrogens with zero attached hydrogens (tertiary/aromatic N) is 2. The molecule has 0 unspecified atom stereocenters.